The third kappa shape index (κ3) is 3.80. The van der Waals surface area contributed by atoms with Gasteiger partial charge in [-0.25, -0.2) is 0 Å². The zero-order valence-corrected chi connectivity index (χ0v) is 11.4. The molecule has 0 amide bonds. The summed E-state index contributed by atoms with van der Waals surface area (Å²) in [5.74, 6) is 0. The van der Waals surface area contributed by atoms with Crippen molar-refractivity contribution < 1.29 is 0 Å². The Bertz CT molecular complexity index is 331. The van der Waals surface area contributed by atoms with Crippen molar-refractivity contribution in [1.82, 2.24) is 9.80 Å². The molecule has 0 saturated carbocycles. The van der Waals surface area contributed by atoms with Crippen molar-refractivity contribution in [2.45, 2.75) is 19.4 Å². The molecule has 0 spiro atoms. The number of nitrogens with two attached hydrogens (primary N) is 1. The van der Waals surface area contributed by atoms with E-state index in [9.17, 15) is 0 Å². The van der Waals surface area contributed by atoms with Crippen molar-refractivity contribution in [3.63, 3.8) is 0 Å². The summed E-state index contributed by atoms with van der Waals surface area (Å²) in [5.41, 5.74) is 7.48. The molecule has 0 aromatic heterocycles. The summed E-state index contributed by atoms with van der Waals surface area (Å²) in [6.45, 7) is 9.32. The first-order valence-electron chi connectivity index (χ1n) is 7.05. The Hall–Kier alpha value is -0.900. The lowest BCUT2D eigenvalue weighted by Gasteiger charge is -2.34. The first kappa shape index (κ1) is 13.5. The summed E-state index contributed by atoms with van der Waals surface area (Å²) in [4.78, 5) is 5.04. The van der Waals surface area contributed by atoms with E-state index in [2.05, 4.69) is 41.0 Å². The van der Waals surface area contributed by atoms with Crippen LogP contribution in [0.3, 0.4) is 0 Å². The van der Waals surface area contributed by atoms with Crippen LogP contribution in [0.15, 0.2) is 30.3 Å². The Labute approximate surface area is 111 Å². The summed E-state index contributed by atoms with van der Waals surface area (Å²) in [6, 6.07) is 10.6. The minimum Gasteiger partial charge on any atom is -0.324 e. The van der Waals surface area contributed by atoms with Gasteiger partial charge in [-0.05, 0) is 18.5 Å². The smallest absolute Gasteiger partial charge is 0.0307 e. The standard InChI is InChI=1S/C15H25N3/c1-2-17-10-12-18(13-11-17)9-8-15(16)14-6-4-3-5-7-14/h3-7,15H,2,8-13,16H2,1H3. The molecule has 1 aliphatic heterocycles. The van der Waals surface area contributed by atoms with Gasteiger partial charge >= 0.3 is 0 Å². The SMILES string of the molecule is CCN1CCN(CCC(N)c2ccccc2)CC1. The molecule has 2 N–H and O–H groups in total. The topological polar surface area (TPSA) is 32.5 Å². The monoisotopic (exact) mass is 247 g/mol. The van der Waals surface area contributed by atoms with E-state index in [0.29, 0.717) is 0 Å². The second-order valence-electron chi connectivity index (χ2n) is 5.08. The maximum absolute atomic E-state index is 6.23. The van der Waals surface area contributed by atoms with Gasteiger partial charge in [0.1, 0.15) is 0 Å². The quantitative estimate of drug-likeness (QED) is 0.860. The average Bonchev–Trinajstić information content (AvgIpc) is 2.46. The van der Waals surface area contributed by atoms with E-state index in [1.54, 1.807) is 0 Å². The average molecular weight is 247 g/mol. The molecule has 1 aliphatic rings. The van der Waals surface area contributed by atoms with Gasteiger partial charge in [0.2, 0.25) is 0 Å². The summed E-state index contributed by atoms with van der Waals surface area (Å²) < 4.78 is 0. The molecular formula is C15H25N3. The Kier molecular flexibility index (Phi) is 5.17. The van der Waals surface area contributed by atoms with E-state index in [0.717, 1.165) is 13.0 Å². The normalized spacial score (nSPS) is 19.9. The van der Waals surface area contributed by atoms with Crippen LogP contribution >= 0.6 is 0 Å². The van der Waals surface area contributed by atoms with Gasteiger partial charge in [0.25, 0.3) is 0 Å². The largest absolute Gasteiger partial charge is 0.324 e. The third-order valence-electron chi connectivity index (χ3n) is 3.90. The van der Waals surface area contributed by atoms with E-state index in [1.807, 2.05) is 6.07 Å². The molecule has 3 nitrogen and oxygen atoms in total. The maximum atomic E-state index is 6.23. The van der Waals surface area contributed by atoms with Gasteiger partial charge in [0.15, 0.2) is 0 Å². The van der Waals surface area contributed by atoms with Crippen LogP contribution in [0.5, 0.6) is 0 Å². The number of likely N-dealkylation sites (N-methyl/N-ethyl adjacent to an activating group) is 1. The number of hydrogen-bond donors (Lipinski definition) is 1. The molecule has 1 fully saturated rings. The molecule has 0 aliphatic carbocycles. The molecule has 1 saturated heterocycles. The van der Waals surface area contributed by atoms with Crippen LogP contribution in [0.1, 0.15) is 24.9 Å². The first-order valence-corrected chi connectivity index (χ1v) is 7.05. The minimum atomic E-state index is 0.176. The third-order valence-corrected chi connectivity index (χ3v) is 3.90. The minimum absolute atomic E-state index is 0.176. The molecule has 18 heavy (non-hydrogen) atoms. The highest BCUT2D eigenvalue weighted by Crippen LogP contribution is 2.14. The summed E-state index contributed by atoms with van der Waals surface area (Å²) >= 11 is 0. The first-order chi connectivity index (χ1) is 8.79. The van der Waals surface area contributed by atoms with Gasteiger partial charge in [0, 0.05) is 38.8 Å². The molecular weight excluding hydrogens is 222 g/mol. The highest BCUT2D eigenvalue weighted by Gasteiger charge is 2.16. The summed E-state index contributed by atoms with van der Waals surface area (Å²) in [6.07, 6.45) is 1.05. The fraction of sp³-hybridized carbons (Fsp3) is 0.600. The molecule has 2 rings (SSSR count). The van der Waals surface area contributed by atoms with E-state index < -0.39 is 0 Å². The van der Waals surface area contributed by atoms with Crippen LogP contribution in [0.4, 0.5) is 0 Å². The molecule has 3 heteroatoms. The number of hydrogen-bond acceptors (Lipinski definition) is 3. The lowest BCUT2D eigenvalue weighted by Crippen LogP contribution is -2.46. The predicted octanol–water partition coefficient (Wildman–Crippen LogP) is 1.71. The second-order valence-corrected chi connectivity index (χ2v) is 5.08. The number of rotatable bonds is 5. The van der Waals surface area contributed by atoms with Crippen molar-refractivity contribution in [2.75, 3.05) is 39.3 Å². The molecule has 100 valence electrons. The van der Waals surface area contributed by atoms with E-state index in [-0.39, 0.29) is 6.04 Å². The highest BCUT2D eigenvalue weighted by molar-refractivity contribution is 5.18. The van der Waals surface area contributed by atoms with Crippen molar-refractivity contribution in [3.05, 3.63) is 35.9 Å². The van der Waals surface area contributed by atoms with Gasteiger partial charge in [-0.3, -0.25) is 0 Å². The number of piperazine rings is 1. The lowest BCUT2D eigenvalue weighted by molar-refractivity contribution is 0.134. The molecule has 0 bridgehead atoms. The van der Waals surface area contributed by atoms with E-state index in [4.69, 9.17) is 5.73 Å². The zero-order chi connectivity index (χ0) is 12.8. The van der Waals surface area contributed by atoms with Gasteiger partial charge in [-0.1, -0.05) is 37.3 Å². The highest BCUT2D eigenvalue weighted by atomic mass is 15.3. The van der Waals surface area contributed by atoms with Gasteiger partial charge < -0.3 is 15.5 Å². The van der Waals surface area contributed by atoms with Crippen molar-refractivity contribution in [3.8, 4) is 0 Å². The number of benzene rings is 1. The molecule has 1 unspecified atom stereocenters. The van der Waals surface area contributed by atoms with Crippen molar-refractivity contribution in [1.29, 1.82) is 0 Å². The van der Waals surface area contributed by atoms with Crippen molar-refractivity contribution in [2.24, 2.45) is 5.73 Å². The molecule has 1 aromatic carbocycles. The van der Waals surface area contributed by atoms with Crippen molar-refractivity contribution >= 4 is 0 Å². The fourth-order valence-corrected chi connectivity index (χ4v) is 2.52. The Morgan fingerprint density at radius 2 is 1.67 bits per heavy atom. The van der Waals surface area contributed by atoms with Crippen LogP contribution in [0, 0.1) is 0 Å². The van der Waals surface area contributed by atoms with Gasteiger partial charge in [-0.15, -0.1) is 0 Å². The Morgan fingerprint density at radius 3 is 2.28 bits per heavy atom. The Balaban J connectivity index is 1.72. The second kappa shape index (κ2) is 6.88. The van der Waals surface area contributed by atoms with Crippen LogP contribution < -0.4 is 5.73 Å². The fourth-order valence-electron chi connectivity index (χ4n) is 2.52. The van der Waals surface area contributed by atoms with Crippen LogP contribution in [0.2, 0.25) is 0 Å². The van der Waals surface area contributed by atoms with Crippen LogP contribution in [0.25, 0.3) is 0 Å². The van der Waals surface area contributed by atoms with E-state index in [1.165, 1.54) is 38.3 Å². The molecule has 0 radical (unpaired) electrons. The Morgan fingerprint density at radius 1 is 1.06 bits per heavy atom. The summed E-state index contributed by atoms with van der Waals surface area (Å²) in [7, 11) is 0. The summed E-state index contributed by atoms with van der Waals surface area (Å²) in [5, 5.41) is 0. The van der Waals surface area contributed by atoms with Gasteiger partial charge in [-0.2, -0.15) is 0 Å². The maximum Gasteiger partial charge on any atom is 0.0307 e. The zero-order valence-electron chi connectivity index (χ0n) is 11.4. The number of nitrogens with zero attached hydrogens (tertiary/aromatic N) is 2. The van der Waals surface area contributed by atoms with Crippen LogP contribution in [-0.2, 0) is 0 Å². The van der Waals surface area contributed by atoms with Gasteiger partial charge in [0.05, 0.1) is 0 Å². The molecule has 1 aromatic rings. The lowest BCUT2D eigenvalue weighted by atomic mass is 10.0. The predicted molar refractivity (Wildman–Crippen MR) is 76.5 cm³/mol. The van der Waals surface area contributed by atoms with E-state index >= 15 is 0 Å². The molecule has 1 heterocycles. The van der Waals surface area contributed by atoms with Crippen LogP contribution in [-0.4, -0.2) is 49.1 Å². The molecule has 1 atom stereocenters.